The molecular formula is C18H23N3. The molecule has 3 rings (SSSR count). The van der Waals surface area contributed by atoms with Gasteiger partial charge in [0, 0.05) is 25.3 Å². The fraction of sp³-hybridized carbons (Fsp3) is 0.389. The summed E-state index contributed by atoms with van der Waals surface area (Å²) in [6, 6.07) is 17.2. The first-order valence-electron chi connectivity index (χ1n) is 7.69. The molecule has 110 valence electrons. The smallest absolute Gasteiger partial charge is 0.0777 e. The van der Waals surface area contributed by atoms with Crippen molar-refractivity contribution < 1.29 is 0 Å². The van der Waals surface area contributed by atoms with E-state index in [1.165, 1.54) is 5.56 Å². The fourth-order valence-electron chi connectivity index (χ4n) is 3.39. The number of nitrogens with two attached hydrogens (primary N) is 1. The maximum absolute atomic E-state index is 6.25. The molecule has 3 nitrogen and oxygen atoms in total. The predicted octanol–water partition coefficient (Wildman–Crippen LogP) is 2.84. The van der Waals surface area contributed by atoms with Gasteiger partial charge in [-0.2, -0.15) is 0 Å². The van der Waals surface area contributed by atoms with Crippen LogP contribution in [0.1, 0.15) is 30.6 Å². The standard InChI is InChI=1S/C18H23N3/c1-14-11-16(19)13-21(12-14)18(15-7-3-2-4-8-15)17-9-5-6-10-20-17/h2-10,14,16,18H,11-13,19H2,1H3. The van der Waals surface area contributed by atoms with Gasteiger partial charge >= 0.3 is 0 Å². The molecule has 0 aliphatic carbocycles. The molecule has 3 unspecified atom stereocenters. The van der Waals surface area contributed by atoms with Gasteiger partial charge in [0.2, 0.25) is 0 Å². The van der Waals surface area contributed by atoms with Crippen LogP contribution in [0.4, 0.5) is 0 Å². The fourth-order valence-corrected chi connectivity index (χ4v) is 3.39. The minimum absolute atomic E-state index is 0.196. The molecule has 2 N–H and O–H groups in total. The SMILES string of the molecule is CC1CC(N)CN(C(c2ccccc2)c2ccccn2)C1. The van der Waals surface area contributed by atoms with Crippen LogP contribution in [-0.4, -0.2) is 29.0 Å². The van der Waals surface area contributed by atoms with Crippen LogP contribution in [0.25, 0.3) is 0 Å². The largest absolute Gasteiger partial charge is 0.327 e. The molecule has 1 fully saturated rings. The Kier molecular flexibility index (Phi) is 4.32. The van der Waals surface area contributed by atoms with Crippen LogP contribution in [0.5, 0.6) is 0 Å². The molecule has 0 saturated carbocycles. The highest BCUT2D eigenvalue weighted by atomic mass is 15.2. The van der Waals surface area contributed by atoms with Crippen molar-refractivity contribution in [3.05, 3.63) is 66.0 Å². The van der Waals surface area contributed by atoms with Gasteiger partial charge in [0.1, 0.15) is 0 Å². The van der Waals surface area contributed by atoms with Crippen LogP contribution in [0, 0.1) is 5.92 Å². The van der Waals surface area contributed by atoms with E-state index in [2.05, 4.69) is 59.3 Å². The lowest BCUT2D eigenvalue weighted by Crippen LogP contribution is -2.48. The summed E-state index contributed by atoms with van der Waals surface area (Å²) in [5, 5.41) is 0. The maximum Gasteiger partial charge on any atom is 0.0777 e. The lowest BCUT2D eigenvalue weighted by atomic mass is 9.92. The summed E-state index contributed by atoms with van der Waals surface area (Å²) in [5.74, 6) is 0.628. The molecule has 1 aromatic heterocycles. The predicted molar refractivity (Wildman–Crippen MR) is 85.9 cm³/mol. The molecular weight excluding hydrogens is 258 g/mol. The highest BCUT2D eigenvalue weighted by Crippen LogP contribution is 2.30. The summed E-state index contributed by atoms with van der Waals surface area (Å²) in [4.78, 5) is 7.08. The molecule has 0 bridgehead atoms. The van der Waals surface area contributed by atoms with E-state index in [4.69, 9.17) is 5.73 Å². The van der Waals surface area contributed by atoms with Crippen molar-refractivity contribution in [3.63, 3.8) is 0 Å². The number of hydrogen-bond acceptors (Lipinski definition) is 3. The van der Waals surface area contributed by atoms with Crippen molar-refractivity contribution in [2.45, 2.75) is 25.4 Å². The van der Waals surface area contributed by atoms with Crippen molar-refractivity contribution >= 4 is 0 Å². The highest BCUT2D eigenvalue weighted by molar-refractivity contribution is 5.28. The van der Waals surface area contributed by atoms with E-state index in [0.29, 0.717) is 5.92 Å². The molecule has 3 atom stereocenters. The van der Waals surface area contributed by atoms with Crippen molar-refractivity contribution in [2.24, 2.45) is 11.7 Å². The number of nitrogens with zero attached hydrogens (tertiary/aromatic N) is 2. The van der Waals surface area contributed by atoms with Crippen LogP contribution in [0.2, 0.25) is 0 Å². The summed E-state index contributed by atoms with van der Waals surface area (Å²) in [6.07, 6.45) is 2.98. The van der Waals surface area contributed by atoms with E-state index in [0.717, 1.165) is 25.2 Å². The minimum Gasteiger partial charge on any atom is -0.327 e. The van der Waals surface area contributed by atoms with Gasteiger partial charge in [-0.3, -0.25) is 9.88 Å². The van der Waals surface area contributed by atoms with Crippen molar-refractivity contribution in [3.8, 4) is 0 Å². The molecule has 3 heteroatoms. The third-order valence-corrected chi connectivity index (χ3v) is 4.17. The Bertz CT molecular complexity index is 506. The Morgan fingerprint density at radius 3 is 2.52 bits per heavy atom. The summed E-state index contributed by atoms with van der Waals surface area (Å²) < 4.78 is 0. The molecule has 2 heterocycles. The van der Waals surface area contributed by atoms with E-state index in [1.54, 1.807) is 0 Å². The number of piperidine rings is 1. The van der Waals surface area contributed by atoms with E-state index >= 15 is 0 Å². The summed E-state index contributed by atoms with van der Waals surface area (Å²) in [5.41, 5.74) is 8.64. The van der Waals surface area contributed by atoms with E-state index in [1.807, 2.05) is 12.3 Å². The molecule has 1 aliphatic rings. The van der Waals surface area contributed by atoms with Gasteiger partial charge in [0.15, 0.2) is 0 Å². The van der Waals surface area contributed by atoms with E-state index < -0.39 is 0 Å². The first-order valence-corrected chi connectivity index (χ1v) is 7.69. The Hall–Kier alpha value is -1.71. The second-order valence-electron chi connectivity index (χ2n) is 6.12. The van der Waals surface area contributed by atoms with Crippen LogP contribution in [0.15, 0.2) is 54.7 Å². The normalized spacial score (nSPS) is 24.7. The summed E-state index contributed by atoms with van der Waals surface area (Å²) >= 11 is 0. The zero-order valence-corrected chi connectivity index (χ0v) is 12.5. The third-order valence-electron chi connectivity index (χ3n) is 4.17. The number of hydrogen-bond donors (Lipinski definition) is 1. The van der Waals surface area contributed by atoms with Gasteiger partial charge in [-0.25, -0.2) is 0 Å². The Balaban J connectivity index is 1.96. The molecule has 0 amide bonds. The van der Waals surface area contributed by atoms with Gasteiger partial charge in [-0.15, -0.1) is 0 Å². The molecule has 21 heavy (non-hydrogen) atoms. The number of aromatic nitrogens is 1. The molecule has 0 radical (unpaired) electrons. The number of likely N-dealkylation sites (tertiary alicyclic amines) is 1. The van der Waals surface area contributed by atoms with Gasteiger partial charge in [-0.05, 0) is 30.0 Å². The first kappa shape index (κ1) is 14.2. The van der Waals surface area contributed by atoms with Crippen LogP contribution in [0.3, 0.4) is 0 Å². The average molecular weight is 281 g/mol. The van der Waals surface area contributed by atoms with Gasteiger partial charge in [-0.1, -0.05) is 43.3 Å². The van der Waals surface area contributed by atoms with Gasteiger partial charge < -0.3 is 5.73 Å². The van der Waals surface area contributed by atoms with Gasteiger partial charge in [0.25, 0.3) is 0 Å². The summed E-state index contributed by atoms with van der Waals surface area (Å²) in [6.45, 7) is 4.29. The Morgan fingerprint density at radius 2 is 1.86 bits per heavy atom. The third kappa shape index (κ3) is 3.31. The minimum atomic E-state index is 0.196. The van der Waals surface area contributed by atoms with Crippen molar-refractivity contribution in [1.82, 2.24) is 9.88 Å². The lowest BCUT2D eigenvalue weighted by Gasteiger charge is -2.40. The van der Waals surface area contributed by atoms with Crippen molar-refractivity contribution in [1.29, 1.82) is 0 Å². The van der Waals surface area contributed by atoms with Crippen LogP contribution in [-0.2, 0) is 0 Å². The molecule has 1 aliphatic heterocycles. The van der Waals surface area contributed by atoms with Crippen LogP contribution >= 0.6 is 0 Å². The Labute approximate surface area is 126 Å². The number of benzene rings is 1. The Morgan fingerprint density at radius 1 is 1.10 bits per heavy atom. The van der Waals surface area contributed by atoms with Crippen LogP contribution < -0.4 is 5.73 Å². The average Bonchev–Trinajstić information content (AvgIpc) is 2.49. The molecule has 1 aromatic carbocycles. The second-order valence-corrected chi connectivity index (χ2v) is 6.12. The molecule has 2 aromatic rings. The molecule has 0 spiro atoms. The maximum atomic E-state index is 6.25. The first-order chi connectivity index (χ1) is 10.2. The van der Waals surface area contributed by atoms with E-state index in [-0.39, 0.29) is 12.1 Å². The van der Waals surface area contributed by atoms with E-state index in [9.17, 15) is 0 Å². The molecule has 1 saturated heterocycles. The monoisotopic (exact) mass is 281 g/mol. The highest BCUT2D eigenvalue weighted by Gasteiger charge is 2.30. The number of pyridine rings is 1. The zero-order chi connectivity index (χ0) is 14.7. The second kappa shape index (κ2) is 6.37. The quantitative estimate of drug-likeness (QED) is 0.940. The lowest BCUT2D eigenvalue weighted by molar-refractivity contribution is 0.131. The topological polar surface area (TPSA) is 42.1 Å². The zero-order valence-electron chi connectivity index (χ0n) is 12.5. The number of rotatable bonds is 3. The van der Waals surface area contributed by atoms with Gasteiger partial charge in [0.05, 0.1) is 11.7 Å². The van der Waals surface area contributed by atoms with Crippen molar-refractivity contribution in [2.75, 3.05) is 13.1 Å². The summed E-state index contributed by atoms with van der Waals surface area (Å²) in [7, 11) is 0.